The average molecular weight is 210 g/mol. The number of nitrogens with zero attached hydrogens (tertiary/aromatic N) is 1. The fourth-order valence-electron chi connectivity index (χ4n) is 2.08. The van der Waals surface area contributed by atoms with Crippen LogP contribution < -0.4 is 5.32 Å². The summed E-state index contributed by atoms with van der Waals surface area (Å²) in [6.07, 6.45) is 1.13. The molecule has 0 aliphatic heterocycles. The Balaban J connectivity index is 2.11. The molecule has 1 aliphatic carbocycles. The molecule has 1 aliphatic rings. The third kappa shape index (κ3) is 2.26. The molecule has 0 amide bonds. The van der Waals surface area contributed by atoms with Crippen molar-refractivity contribution in [3.8, 4) is 0 Å². The summed E-state index contributed by atoms with van der Waals surface area (Å²) in [7, 11) is 0. The third-order valence-corrected chi connectivity index (χ3v) is 2.74. The second kappa shape index (κ2) is 3.45. The molecule has 0 aromatic carbocycles. The summed E-state index contributed by atoms with van der Waals surface area (Å²) < 4.78 is 13.0. The van der Waals surface area contributed by atoms with Crippen molar-refractivity contribution in [1.82, 2.24) is 4.98 Å². The maximum atomic E-state index is 13.0. The highest BCUT2D eigenvalue weighted by Crippen LogP contribution is 2.34. The molecule has 4 heteroatoms. The second-order valence-corrected chi connectivity index (χ2v) is 4.60. The van der Waals surface area contributed by atoms with Crippen LogP contribution in [0.5, 0.6) is 0 Å². The van der Waals surface area contributed by atoms with Crippen LogP contribution in [0.25, 0.3) is 0 Å². The zero-order chi connectivity index (χ0) is 11.1. The van der Waals surface area contributed by atoms with Crippen LogP contribution in [0.15, 0.2) is 12.1 Å². The number of hydrogen-bond acceptors (Lipinski definition) is 3. The van der Waals surface area contributed by atoms with Crippen LogP contribution in [0.2, 0.25) is 0 Å². The first kappa shape index (κ1) is 10.4. The molecule has 1 aromatic heterocycles. The summed E-state index contributed by atoms with van der Waals surface area (Å²) in [6, 6.07) is 3.20. The number of rotatable bonds is 2. The van der Waals surface area contributed by atoms with Gasteiger partial charge in [0.1, 0.15) is 5.82 Å². The Hall–Kier alpha value is -1.16. The van der Waals surface area contributed by atoms with Gasteiger partial charge in [0.25, 0.3) is 0 Å². The van der Waals surface area contributed by atoms with Gasteiger partial charge in [-0.2, -0.15) is 4.39 Å². The van der Waals surface area contributed by atoms with Gasteiger partial charge in [-0.25, -0.2) is 4.98 Å². The zero-order valence-corrected chi connectivity index (χ0v) is 8.92. The SMILES string of the molecule is Cc1cc(F)nc(NC2(C)CC(O)C2)c1. The summed E-state index contributed by atoms with van der Waals surface area (Å²) in [6.45, 7) is 3.83. The number of hydrogen-bond donors (Lipinski definition) is 2. The van der Waals surface area contributed by atoms with Gasteiger partial charge in [0, 0.05) is 5.54 Å². The van der Waals surface area contributed by atoms with E-state index in [1.165, 1.54) is 6.07 Å². The van der Waals surface area contributed by atoms with E-state index < -0.39 is 5.95 Å². The van der Waals surface area contributed by atoms with Gasteiger partial charge in [0.2, 0.25) is 5.95 Å². The molecule has 1 aromatic rings. The Bertz CT molecular complexity index is 355. The number of aromatic nitrogens is 1. The van der Waals surface area contributed by atoms with Crippen LogP contribution in [-0.2, 0) is 0 Å². The van der Waals surface area contributed by atoms with Gasteiger partial charge in [-0.15, -0.1) is 0 Å². The molecule has 3 nitrogen and oxygen atoms in total. The van der Waals surface area contributed by atoms with Crippen LogP contribution in [-0.4, -0.2) is 21.7 Å². The van der Waals surface area contributed by atoms with Crippen molar-refractivity contribution in [2.75, 3.05) is 5.32 Å². The summed E-state index contributed by atoms with van der Waals surface area (Å²) in [4.78, 5) is 3.77. The first-order valence-electron chi connectivity index (χ1n) is 5.07. The van der Waals surface area contributed by atoms with E-state index in [-0.39, 0.29) is 11.6 Å². The first-order chi connectivity index (χ1) is 6.97. The van der Waals surface area contributed by atoms with Gasteiger partial charge < -0.3 is 10.4 Å². The molecular weight excluding hydrogens is 195 g/mol. The summed E-state index contributed by atoms with van der Waals surface area (Å²) >= 11 is 0. The minimum absolute atomic E-state index is 0.146. The molecule has 0 atom stereocenters. The van der Waals surface area contributed by atoms with E-state index in [1.807, 2.05) is 13.8 Å². The highest BCUT2D eigenvalue weighted by atomic mass is 19.1. The van der Waals surface area contributed by atoms with Gasteiger partial charge >= 0.3 is 0 Å². The fraction of sp³-hybridized carbons (Fsp3) is 0.545. The normalized spacial score (nSPS) is 29.7. The Kier molecular flexibility index (Phi) is 2.38. The minimum Gasteiger partial charge on any atom is -0.393 e. The van der Waals surface area contributed by atoms with Gasteiger partial charge in [-0.1, -0.05) is 0 Å². The lowest BCUT2D eigenvalue weighted by Crippen LogP contribution is -2.50. The van der Waals surface area contributed by atoms with E-state index in [0.717, 1.165) is 5.56 Å². The summed E-state index contributed by atoms with van der Waals surface area (Å²) in [5.74, 6) is 0.0721. The van der Waals surface area contributed by atoms with Gasteiger partial charge in [0.15, 0.2) is 0 Å². The number of nitrogens with one attached hydrogen (secondary N) is 1. The fourth-order valence-corrected chi connectivity index (χ4v) is 2.08. The molecule has 82 valence electrons. The molecule has 0 spiro atoms. The molecule has 0 bridgehead atoms. The van der Waals surface area contributed by atoms with Crippen molar-refractivity contribution in [3.05, 3.63) is 23.6 Å². The molecule has 2 rings (SSSR count). The maximum absolute atomic E-state index is 13.0. The van der Waals surface area contributed by atoms with Gasteiger partial charge in [-0.05, 0) is 44.4 Å². The lowest BCUT2D eigenvalue weighted by atomic mass is 9.76. The van der Waals surface area contributed by atoms with E-state index in [9.17, 15) is 9.50 Å². The standard InChI is InChI=1S/C11H15FN2O/c1-7-3-9(12)13-10(4-7)14-11(2)5-8(15)6-11/h3-4,8,15H,5-6H2,1-2H3,(H,13,14). The van der Waals surface area contributed by atoms with Crippen LogP contribution in [0.4, 0.5) is 10.2 Å². The molecule has 15 heavy (non-hydrogen) atoms. The van der Waals surface area contributed by atoms with Gasteiger partial charge in [-0.3, -0.25) is 0 Å². The van der Waals surface area contributed by atoms with Crippen LogP contribution >= 0.6 is 0 Å². The van der Waals surface area contributed by atoms with Crippen molar-refractivity contribution >= 4 is 5.82 Å². The lowest BCUT2D eigenvalue weighted by Gasteiger charge is -2.43. The first-order valence-corrected chi connectivity index (χ1v) is 5.07. The molecular formula is C11H15FN2O. The molecule has 1 heterocycles. The molecule has 1 saturated carbocycles. The third-order valence-electron chi connectivity index (χ3n) is 2.74. The van der Waals surface area contributed by atoms with Crippen molar-refractivity contribution in [3.63, 3.8) is 0 Å². The van der Waals surface area contributed by atoms with Crippen LogP contribution in [0.1, 0.15) is 25.3 Å². The predicted octanol–water partition coefficient (Wildman–Crippen LogP) is 1.85. The molecule has 2 N–H and O–H groups in total. The van der Waals surface area contributed by atoms with E-state index in [2.05, 4.69) is 10.3 Å². The number of aliphatic hydroxyl groups is 1. The topological polar surface area (TPSA) is 45.2 Å². The average Bonchev–Trinajstić information content (AvgIpc) is 1.97. The largest absolute Gasteiger partial charge is 0.393 e. The van der Waals surface area contributed by atoms with Crippen molar-refractivity contribution in [1.29, 1.82) is 0 Å². The quantitative estimate of drug-likeness (QED) is 0.732. The number of halogens is 1. The Morgan fingerprint density at radius 3 is 2.73 bits per heavy atom. The highest BCUT2D eigenvalue weighted by Gasteiger charge is 2.39. The van der Waals surface area contributed by atoms with Crippen LogP contribution in [0, 0.1) is 12.9 Å². The molecule has 0 radical (unpaired) electrons. The molecule has 0 unspecified atom stereocenters. The number of aryl methyl sites for hydroxylation is 1. The highest BCUT2D eigenvalue weighted by molar-refractivity contribution is 5.41. The second-order valence-electron chi connectivity index (χ2n) is 4.60. The smallest absolute Gasteiger partial charge is 0.215 e. The maximum Gasteiger partial charge on any atom is 0.215 e. The van der Waals surface area contributed by atoms with E-state index in [1.54, 1.807) is 6.07 Å². The number of anilines is 1. The van der Waals surface area contributed by atoms with E-state index >= 15 is 0 Å². The monoisotopic (exact) mass is 210 g/mol. The van der Waals surface area contributed by atoms with E-state index in [0.29, 0.717) is 18.7 Å². The Labute approximate surface area is 88.3 Å². The Morgan fingerprint density at radius 2 is 2.20 bits per heavy atom. The van der Waals surface area contributed by atoms with Gasteiger partial charge in [0.05, 0.1) is 6.10 Å². The summed E-state index contributed by atoms with van der Waals surface area (Å²) in [5.41, 5.74) is 0.695. The van der Waals surface area contributed by atoms with Crippen molar-refractivity contribution in [2.45, 2.75) is 38.3 Å². The molecule has 1 fully saturated rings. The predicted molar refractivity (Wildman–Crippen MR) is 56.2 cm³/mol. The number of aliphatic hydroxyl groups excluding tert-OH is 1. The zero-order valence-electron chi connectivity index (χ0n) is 8.92. The van der Waals surface area contributed by atoms with Crippen molar-refractivity contribution < 1.29 is 9.50 Å². The van der Waals surface area contributed by atoms with Crippen LogP contribution in [0.3, 0.4) is 0 Å². The number of pyridine rings is 1. The minimum atomic E-state index is -0.471. The molecule has 0 saturated heterocycles. The van der Waals surface area contributed by atoms with Crippen molar-refractivity contribution in [2.24, 2.45) is 0 Å². The van der Waals surface area contributed by atoms with E-state index in [4.69, 9.17) is 0 Å². The lowest BCUT2D eigenvalue weighted by molar-refractivity contribution is 0.0421. The summed E-state index contributed by atoms with van der Waals surface area (Å²) in [5, 5.41) is 12.4. The Morgan fingerprint density at radius 1 is 1.53 bits per heavy atom.